The molecule has 23 heavy (non-hydrogen) atoms. The zero-order chi connectivity index (χ0) is 16.9. The number of hydrogen-bond donors (Lipinski definition) is 1. The number of rotatable bonds is 6. The van der Waals surface area contributed by atoms with Crippen molar-refractivity contribution < 1.29 is 13.2 Å². The highest BCUT2D eigenvalue weighted by molar-refractivity contribution is 7.89. The van der Waals surface area contributed by atoms with E-state index in [-0.39, 0.29) is 5.91 Å². The first-order valence-electron chi connectivity index (χ1n) is 8.25. The Morgan fingerprint density at radius 2 is 1.91 bits per heavy atom. The van der Waals surface area contributed by atoms with Gasteiger partial charge in [0.15, 0.2) is 0 Å². The minimum absolute atomic E-state index is 0.00992. The smallest absolute Gasteiger partial charge is 0.243 e. The second-order valence-corrected chi connectivity index (χ2v) is 8.42. The van der Waals surface area contributed by atoms with E-state index in [4.69, 9.17) is 0 Å². The first kappa shape index (κ1) is 17.9. The van der Waals surface area contributed by atoms with Crippen LogP contribution in [0.25, 0.3) is 0 Å². The molecule has 5 nitrogen and oxygen atoms in total. The van der Waals surface area contributed by atoms with Gasteiger partial charge < -0.3 is 5.32 Å². The molecule has 1 fully saturated rings. The van der Waals surface area contributed by atoms with Crippen LogP contribution < -0.4 is 5.32 Å². The van der Waals surface area contributed by atoms with Gasteiger partial charge in [0.25, 0.3) is 0 Å². The number of carbonyl (C=O) groups excluding carboxylic acids is 1. The van der Waals surface area contributed by atoms with Crippen molar-refractivity contribution >= 4 is 15.9 Å². The minimum Gasteiger partial charge on any atom is -0.352 e. The average molecular weight is 338 g/mol. The number of carbonyl (C=O) groups is 1. The molecule has 1 N–H and O–H groups in total. The number of hydrogen-bond acceptors (Lipinski definition) is 3. The van der Waals surface area contributed by atoms with Gasteiger partial charge in [0, 0.05) is 26.1 Å². The van der Waals surface area contributed by atoms with E-state index in [1.54, 1.807) is 22.5 Å². The monoisotopic (exact) mass is 338 g/mol. The van der Waals surface area contributed by atoms with Crippen LogP contribution in [-0.4, -0.2) is 31.7 Å². The topological polar surface area (TPSA) is 66.5 Å². The molecule has 1 amide bonds. The molecular weight excluding hydrogens is 312 g/mol. The van der Waals surface area contributed by atoms with Crippen LogP contribution in [-0.2, 0) is 21.4 Å². The third-order valence-electron chi connectivity index (χ3n) is 3.93. The summed E-state index contributed by atoms with van der Waals surface area (Å²) in [4.78, 5) is 12.0. The van der Waals surface area contributed by atoms with Crippen molar-refractivity contribution in [2.24, 2.45) is 5.92 Å². The summed E-state index contributed by atoms with van der Waals surface area (Å²) < 4.78 is 26.9. The minimum atomic E-state index is -3.42. The molecule has 1 aliphatic heterocycles. The molecule has 1 aliphatic rings. The fourth-order valence-electron chi connectivity index (χ4n) is 2.71. The summed E-state index contributed by atoms with van der Waals surface area (Å²) in [6, 6.07) is 6.87. The molecule has 0 unspecified atom stereocenters. The molecule has 1 saturated heterocycles. The van der Waals surface area contributed by atoms with Crippen molar-refractivity contribution in [2.75, 3.05) is 13.1 Å². The van der Waals surface area contributed by atoms with Crippen molar-refractivity contribution in [3.05, 3.63) is 29.8 Å². The molecule has 0 atom stereocenters. The number of sulfonamides is 1. The molecule has 6 heteroatoms. The number of nitrogens with one attached hydrogen (secondary N) is 1. The van der Waals surface area contributed by atoms with E-state index in [0.717, 1.165) is 24.8 Å². The van der Waals surface area contributed by atoms with E-state index in [0.29, 0.717) is 36.9 Å². The summed E-state index contributed by atoms with van der Waals surface area (Å²) in [7, 11) is -3.42. The van der Waals surface area contributed by atoms with E-state index < -0.39 is 10.0 Å². The number of benzene rings is 1. The van der Waals surface area contributed by atoms with E-state index >= 15 is 0 Å². The van der Waals surface area contributed by atoms with Crippen LogP contribution in [0.2, 0.25) is 0 Å². The number of nitrogens with zero attached hydrogens (tertiary/aromatic N) is 1. The molecule has 0 aliphatic carbocycles. The lowest BCUT2D eigenvalue weighted by Crippen LogP contribution is -2.35. The molecule has 0 spiro atoms. The Morgan fingerprint density at radius 1 is 1.22 bits per heavy atom. The van der Waals surface area contributed by atoms with Gasteiger partial charge >= 0.3 is 0 Å². The van der Waals surface area contributed by atoms with Gasteiger partial charge in [0.05, 0.1) is 4.90 Å². The molecule has 1 aromatic carbocycles. The van der Waals surface area contributed by atoms with Crippen LogP contribution in [0.4, 0.5) is 0 Å². The van der Waals surface area contributed by atoms with Gasteiger partial charge in [-0.05, 0) is 36.5 Å². The maximum atomic E-state index is 12.7. The standard InChI is InChI=1S/C17H26N2O3S/c1-14(2)11-17(20)18-13-15-7-6-8-16(12-15)23(21,22)19-9-4-3-5-10-19/h6-8,12,14H,3-5,9-11,13H2,1-2H3,(H,18,20). The van der Waals surface area contributed by atoms with Crippen LogP contribution in [0.5, 0.6) is 0 Å². The molecule has 1 heterocycles. The Morgan fingerprint density at radius 3 is 2.57 bits per heavy atom. The van der Waals surface area contributed by atoms with Crippen molar-refractivity contribution in [2.45, 2.75) is 51.0 Å². The van der Waals surface area contributed by atoms with E-state index in [9.17, 15) is 13.2 Å². The lowest BCUT2D eigenvalue weighted by atomic mass is 10.1. The number of piperidine rings is 1. The normalized spacial score (nSPS) is 16.5. The summed E-state index contributed by atoms with van der Waals surface area (Å²) in [6.07, 6.45) is 3.41. The Kier molecular flexibility index (Phi) is 6.18. The first-order chi connectivity index (χ1) is 10.9. The van der Waals surface area contributed by atoms with Crippen molar-refractivity contribution in [3.63, 3.8) is 0 Å². The van der Waals surface area contributed by atoms with Gasteiger partial charge in [-0.25, -0.2) is 8.42 Å². The summed E-state index contributed by atoms with van der Waals surface area (Å²) >= 11 is 0. The largest absolute Gasteiger partial charge is 0.352 e. The summed E-state index contributed by atoms with van der Waals surface area (Å²) in [6.45, 7) is 5.53. The Bertz CT molecular complexity index is 635. The third kappa shape index (κ3) is 5.04. The Hall–Kier alpha value is -1.40. The fourth-order valence-corrected chi connectivity index (χ4v) is 4.30. The maximum Gasteiger partial charge on any atom is 0.243 e. The van der Waals surface area contributed by atoms with Crippen LogP contribution in [0.15, 0.2) is 29.2 Å². The Balaban J connectivity index is 2.05. The van der Waals surface area contributed by atoms with Gasteiger partial charge in [-0.15, -0.1) is 0 Å². The molecule has 1 aromatic rings. The van der Waals surface area contributed by atoms with Gasteiger partial charge in [0.1, 0.15) is 0 Å². The van der Waals surface area contributed by atoms with Gasteiger partial charge in [-0.2, -0.15) is 4.31 Å². The van der Waals surface area contributed by atoms with E-state index in [2.05, 4.69) is 5.32 Å². The molecule has 128 valence electrons. The van der Waals surface area contributed by atoms with Crippen LogP contribution in [0.3, 0.4) is 0 Å². The fraction of sp³-hybridized carbons (Fsp3) is 0.588. The predicted octanol–water partition coefficient (Wildman–Crippen LogP) is 2.52. The quantitative estimate of drug-likeness (QED) is 0.867. The highest BCUT2D eigenvalue weighted by Crippen LogP contribution is 2.21. The van der Waals surface area contributed by atoms with Crippen LogP contribution in [0, 0.1) is 5.92 Å². The van der Waals surface area contributed by atoms with Gasteiger partial charge in [-0.1, -0.05) is 32.4 Å². The van der Waals surface area contributed by atoms with Crippen molar-refractivity contribution in [1.29, 1.82) is 0 Å². The van der Waals surface area contributed by atoms with Crippen LogP contribution in [0.1, 0.15) is 45.1 Å². The van der Waals surface area contributed by atoms with Crippen molar-refractivity contribution in [3.8, 4) is 0 Å². The molecule has 0 saturated carbocycles. The zero-order valence-corrected chi connectivity index (χ0v) is 14.7. The van der Waals surface area contributed by atoms with Crippen LogP contribution >= 0.6 is 0 Å². The molecule has 2 rings (SSSR count). The SMILES string of the molecule is CC(C)CC(=O)NCc1cccc(S(=O)(=O)N2CCCCC2)c1. The summed E-state index contributed by atoms with van der Waals surface area (Å²) in [5.74, 6) is 0.296. The maximum absolute atomic E-state index is 12.7. The lowest BCUT2D eigenvalue weighted by molar-refractivity contribution is -0.121. The first-order valence-corrected chi connectivity index (χ1v) is 9.69. The Labute approximate surface area is 139 Å². The van der Waals surface area contributed by atoms with Gasteiger partial charge in [0.2, 0.25) is 15.9 Å². The second kappa shape index (κ2) is 7.93. The average Bonchev–Trinajstić information content (AvgIpc) is 2.53. The van der Waals surface area contributed by atoms with Crippen molar-refractivity contribution in [1.82, 2.24) is 9.62 Å². The summed E-state index contributed by atoms with van der Waals surface area (Å²) in [5.41, 5.74) is 0.806. The molecule has 0 radical (unpaired) electrons. The molecule has 0 aromatic heterocycles. The lowest BCUT2D eigenvalue weighted by Gasteiger charge is -2.26. The predicted molar refractivity (Wildman–Crippen MR) is 90.4 cm³/mol. The second-order valence-electron chi connectivity index (χ2n) is 6.49. The molecular formula is C17H26N2O3S. The highest BCUT2D eigenvalue weighted by Gasteiger charge is 2.25. The highest BCUT2D eigenvalue weighted by atomic mass is 32.2. The number of amides is 1. The third-order valence-corrected chi connectivity index (χ3v) is 5.83. The van der Waals surface area contributed by atoms with Gasteiger partial charge in [-0.3, -0.25) is 4.79 Å². The van der Waals surface area contributed by atoms with E-state index in [1.165, 1.54) is 0 Å². The zero-order valence-electron chi connectivity index (χ0n) is 13.9. The molecule has 0 bridgehead atoms. The summed E-state index contributed by atoms with van der Waals surface area (Å²) in [5, 5.41) is 2.84. The van der Waals surface area contributed by atoms with E-state index in [1.807, 2.05) is 19.9 Å².